The maximum absolute atomic E-state index is 12.7. The van der Waals surface area contributed by atoms with E-state index in [0.29, 0.717) is 48.5 Å². The lowest BCUT2D eigenvalue weighted by atomic mass is 10.1. The molecule has 2 saturated heterocycles. The van der Waals surface area contributed by atoms with Gasteiger partial charge in [0.15, 0.2) is 0 Å². The number of piperazine rings is 1. The van der Waals surface area contributed by atoms with Gasteiger partial charge in [0.1, 0.15) is 0 Å². The molecule has 25 heavy (non-hydrogen) atoms. The molecule has 2 aliphatic rings. The zero-order chi connectivity index (χ0) is 18.1. The van der Waals surface area contributed by atoms with Crippen LogP contribution in [0.1, 0.15) is 13.3 Å². The Balaban J connectivity index is 1.67. The summed E-state index contributed by atoms with van der Waals surface area (Å²) in [4.78, 5) is 41.5. The average Bonchev–Trinajstić information content (AvgIpc) is 2.98. The number of rotatable bonds is 2. The van der Waals surface area contributed by atoms with Gasteiger partial charge in [-0.15, -0.1) is 0 Å². The van der Waals surface area contributed by atoms with Gasteiger partial charge < -0.3 is 14.7 Å². The van der Waals surface area contributed by atoms with Crippen molar-refractivity contribution in [1.82, 2.24) is 9.80 Å². The van der Waals surface area contributed by atoms with Gasteiger partial charge in [-0.3, -0.25) is 14.4 Å². The number of carbonyl (C=O) groups is 3. The van der Waals surface area contributed by atoms with Crippen LogP contribution in [0.3, 0.4) is 0 Å². The molecule has 0 saturated carbocycles. The first-order valence-electron chi connectivity index (χ1n) is 8.17. The van der Waals surface area contributed by atoms with Crippen molar-refractivity contribution in [1.29, 1.82) is 0 Å². The molecule has 8 heteroatoms. The van der Waals surface area contributed by atoms with E-state index in [0.717, 1.165) is 0 Å². The van der Waals surface area contributed by atoms with Crippen molar-refractivity contribution in [3.8, 4) is 0 Å². The summed E-state index contributed by atoms with van der Waals surface area (Å²) in [5, 5.41) is 0.697. The smallest absolute Gasteiger partial charge is 0.228 e. The van der Waals surface area contributed by atoms with Crippen molar-refractivity contribution >= 4 is 46.6 Å². The van der Waals surface area contributed by atoms with Crippen molar-refractivity contribution in [2.45, 2.75) is 13.3 Å². The number of carbonyl (C=O) groups excluding carboxylic acids is 3. The first-order chi connectivity index (χ1) is 11.9. The summed E-state index contributed by atoms with van der Waals surface area (Å²) in [5.41, 5.74) is 0.538. The fourth-order valence-corrected chi connectivity index (χ4v) is 3.70. The summed E-state index contributed by atoms with van der Waals surface area (Å²) in [7, 11) is 0. The van der Waals surface area contributed by atoms with Gasteiger partial charge in [0.05, 0.1) is 21.7 Å². The summed E-state index contributed by atoms with van der Waals surface area (Å²) in [6.45, 7) is 3.89. The summed E-state index contributed by atoms with van der Waals surface area (Å²) < 4.78 is 0. The lowest BCUT2D eigenvalue weighted by Gasteiger charge is -2.35. The molecular formula is C17H19Cl2N3O3. The highest BCUT2D eigenvalue weighted by molar-refractivity contribution is 6.44. The van der Waals surface area contributed by atoms with Gasteiger partial charge >= 0.3 is 0 Å². The normalized spacial score (nSPS) is 21.0. The molecule has 1 unspecified atom stereocenters. The molecule has 0 aromatic heterocycles. The van der Waals surface area contributed by atoms with E-state index in [1.54, 1.807) is 28.0 Å². The van der Waals surface area contributed by atoms with Crippen LogP contribution >= 0.6 is 23.2 Å². The SMILES string of the molecule is CC(=O)N1CCN(C(=O)C2CC(=O)N(c3cccc(Cl)c3Cl)C2)CC1. The average molecular weight is 384 g/mol. The van der Waals surface area contributed by atoms with Crippen LogP contribution in [-0.4, -0.2) is 60.2 Å². The first kappa shape index (κ1) is 18.0. The summed E-state index contributed by atoms with van der Waals surface area (Å²) in [5.74, 6) is -0.557. The van der Waals surface area contributed by atoms with Crippen LogP contribution in [0.25, 0.3) is 0 Å². The van der Waals surface area contributed by atoms with Crippen molar-refractivity contribution < 1.29 is 14.4 Å². The molecule has 3 rings (SSSR count). The Morgan fingerprint density at radius 2 is 1.72 bits per heavy atom. The predicted molar refractivity (Wildman–Crippen MR) is 95.8 cm³/mol. The summed E-state index contributed by atoms with van der Waals surface area (Å²) in [6, 6.07) is 5.11. The highest BCUT2D eigenvalue weighted by atomic mass is 35.5. The molecular weight excluding hydrogens is 365 g/mol. The second-order valence-corrected chi connectivity index (χ2v) is 7.09. The van der Waals surface area contributed by atoms with E-state index in [2.05, 4.69) is 0 Å². The monoisotopic (exact) mass is 383 g/mol. The first-order valence-corrected chi connectivity index (χ1v) is 8.92. The summed E-state index contributed by atoms with van der Waals surface area (Å²) >= 11 is 12.2. The van der Waals surface area contributed by atoms with Gasteiger partial charge in [0.25, 0.3) is 0 Å². The number of hydrogen-bond acceptors (Lipinski definition) is 3. The molecule has 0 spiro atoms. The lowest BCUT2D eigenvalue weighted by Crippen LogP contribution is -2.51. The quantitative estimate of drug-likeness (QED) is 0.784. The molecule has 134 valence electrons. The molecule has 2 fully saturated rings. The second kappa shape index (κ2) is 7.22. The number of nitrogens with zero attached hydrogens (tertiary/aromatic N) is 3. The van der Waals surface area contributed by atoms with Crippen molar-refractivity contribution in [3.05, 3.63) is 28.2 Å². The Morgan fingerprint density at radius 3 is 2.36 bits per heavy atom. The van der Waals surface area contributed by atoms with Crippen LogP contribution in [0, 0.1) is 5.92 Å². The van der Waals surface area contributed by atoms with E-state index in [9.17, 15) is 14.4 Å². The van der Waals surface area contributed by atoms with Gasteiger partial charge in [-0.25, -0.2) is 0 Å². The second-order valence-electron chi connectivity index (χ2n) is 6.31. The van der Waals surface area contributed by atoms with Gasteiger partial charge in [-0.1, -0.05) is 29.3 Å². The number of halogens is 2. The molecule has 2 aliphatic heterocycles. The largest absolute Gasteiger partial charge is 0.339 e. The zero-order valence-electron chi connectivity index (χ0n) is 13.9. The van der Waals surface area contributed by atoms with Crippen LogP contribution in [0.2, 0.25) is 10.0 Å². The minimum atomic E-state index is -0.397. The Bertz CT molecular complexity index is 717. The van der Waals surface area contributed by atoms with Crippen molar-refractivity contribution in [2.24, 2.45) is 5.92 Å². The molecule has 2 heterocycles. The molecule has 0 bridgehead atoms. The molecule has 0 N–H and O–H groups in total. The molecule has 0 radical (unpaired) electrons. The third kappa shape index (κ3) is 3.60. The van der Waals surface area contributed by atoms with E-state index < -0.39 is 5.92 Å². The predicted octanol–water partition coefficient (Wildman–Crippen LogP) is 2.04. The zero-order valence-corrected chi connectivity index (χ0v) is 15.4. The highest BCUT2D eigenvalue weighted by Gasteiger charge is 2.38. The van der Waals surface area contributed by atoms with E-state index in [-0.39, 0.29) is 24.1 Å². The van der Waals surface area contributed by atoms with E-state index in [1.165, 1.54) is 11.8 Å². The Hall–Kier alpha value is -1.79. The number of hydrogen-bond donors (Lipinski definition) is 0. The fraction of sp³-hybridized carbons (Fsp3) is 0.471. The maximum atomic E-state index is 12.7. The fourth-order valence-electron chi connectivity index (χ4n) is 3.31. The van der Waals surface area contributed by atoms with E-state index in [4.69, 9.17) is 23.2 Å². The van der Waals surface area contributed by atoms with Crippen LogP contribution in [0.5, 0.6) is 0 Å². The molecule has 1 aromatic rings. The maximum Gasteiger partial charge on any atom is 0.228 e. The highest BCUT2D eigenvalue weighted by Crippen LogP contribution is 2.36. The Kier molecular flexibility index (Phi) is 5.20. The minimum Gasteiger partial charge on any atom is -0.339 e. The van der Waals surface area contributed by atoms with Crippen LogP contribution in [0.4, 0.5) is 5.69 Å². The molecule has 1 aromatic carbocycles. The Labute approximate surface area is 156 Å². The third-order valence-electron chi connectivity index (χ3n) is 4.73. The molecule has 3 amide bonds. The van der Waals surface area contributed by atoms with Crippen molar-refractivity contribution in [3.63, 3.8) is 0 Å². The van der Waals surface area contributed by atoms with Gasteiger partial charge in [0.2, 0.25) is 17.7 Å². The van der Waals surface area contributed by atoms with E-state index >= 15 is 0 Å². The van der Waals surface area contributed by atoms with Gasteiger partial charge in [0, 0.05) is 46.1 Å². The standard InChI is InChI=1S/C17H19Cl2N3O3/c1-11(23)20-5-7-21(8-6-20)17(25)12-9-15(24)22(10-12)14-4-2-3-13(18)16(14)19/h2-4,12H,5-10H2,1H3. The minimum absolute atomic E-state index is 0.0184. The number of amides is 3. The van der Waals surface area contributed by atoms with E-state index in [1.807, 2.05) is 0 Å². The van der Waals surface area contributed by atoms with Gasteiger partial charge in [-0.2, -0.15) is 0 Å². The molecule has 0 aliphatic carbocycles. The van der Waals surface area contributed by atoms with Crippen LogP contribution in [-0.2, 0) is 14.4 Å². The number of anilines is 1. The molecule has 6 nitrogen and oxygen atoms in total. The third-order valence-corrected chi connectivity index (χ3v) is 5.54. The van der Waals surface area contributed by atoms with Crippen LogP contribution < -0.4 is 4.90 Å². The molecule has 1 atom stereocenters. The van der Waals surface area contributed by atoms with Gasteiger partial charge in [-0.05, 0) is 12.1 Å². The van der Waals surface area contributed by atoms with Crippen LogP contribution in [0.15, 0.2) is 18.2 Å². The van der Waals surface area contributed by atoms with Crippen molar-refractivity contribution in [2.75, 3.05) is 37.6 Å². The lowest BCUT2D eigenvalue weighted by molar-refractivity contribution is -0.141. The number of benzene rings is 1. The topological polar surface area (TPSA) is 60.9 Å². The Morgan fingerprint density at radius 1 is 1.08 bits per heavy atom. The summed E-state index contributed by atoms with van der Waals surface area (Å²) in [6.07, 6.45) is 0.161.